The lowest BCUT2D eigenvalue weighted by atomic mass is 10.1. The summed E-state index contributed by atoms with van der Waals surface area (Å²) in [5.41, 5.74) is 2.89. The van der Waals surface area contributed by atoms with Gasteiger partial charge in [0.2, 0.25) is 11.8 Å². The number of carbonyl (C=O) groups is 3. The molecule has 3 amide bonds. The first-order valence-electron chi connectivity index (χ1n) is 9.66. The molecule has 2 aromatic rings. The van der Waals surface area contributed by atoms with Crippen LogP contribution in [0.4, 0.5) is 11.4 Å². The van der Waals surface area contributed by atoms with E-state index in [0.29, 0.717) is 11.3 Å². The van der Waals surface area contributed by atoms with Crippen LogP contribution in [0.2, 0.25) is 0 Å². The van der Waals surface area contributed by atoms with Crippen molar-refractivity contribution in [1.29, 1.82) is 0 Å². The normalized spacial score (nSPS) is 14.3. The summed E-state index contributed by atoms with van der Waals surface area (Å²) in [4.78, 5) is 39.4. The molecular formula is C22H26N4O3. The average Bonchev–Trinajstić information content (AvgIpc) is 2.68. The zero-order chi connectivity index (χ0) is 20.8. The van der Waals surface area contributed by atoms with Crippen LogP contribution in [-0.2, 0) is 16.1 Å². The second-order valence-corrected chi connectivity index (χ2v) is 7.20. The molecule has 0 saturated carbocycles. The van der Waals surface area contributed by atoms with Gasteiger partial charge < -0.3 is 15.5 Å². The Bertz CT molecular complexity index is 904. The topological polar surface area (TPSA) is 81.8 Å². The molecule has 152 valence electrons. The fourth-order valence-electron chi connectivity index (χ4n) is 3.37. The summed E-state index contributed by atoms with van der Waals surface area (Å²) in [6, 6.07) is 14.6. The highest BCUT2D eigenvalue weighted by molar-refractivity contribution is 6.05. The molecule has 2 aromatic carbocycles. The molecule has 0 bridgehead atoms. The maximum absolute atomic E-state index is 12.6. The molecule has 0 radical (unpaired) electrons. The monoisotopic (exact) mass is 394 g/mol. The Labute approximate surface area is 170 Å². The average molecular weight is 394 g/mol. The summed E-state index contributed by atoms with van der Waals surface area (Å²) < 4.78 is 0. The number of amides is 3. The molecule has 1 heterocycles. The zero-order valence-corrected chi connectivity index (χ0v) is 16.8. The number of benzene rings is 2. The second kappa shape index (κ2) is 9.34. The van der Waals surface area contributed by atoms with Gasteiger partial charge in [-0.1, -0.05) is 18.2 Å². The van der Waals surface area contributed by atoms with E-state index in [1.54, 1.807) is 31.2 Å². The molecular weight excluding hydrogens is 368 g/mol. The van der Waals surface area contributed by atoms with Gasteiger partial charge in [-0.05, 0) is 35.9 Å². The van der Waals surface area contributed by atoms with Crippen LogP contribution in [-0.4, -0.2) is 53.7 Å². The fraction of sp³-hybridized carbons (Fsp3) is 0.318. The first-order chi connectivity index (χ1) is 13.9. The van der Waals surface area contributed by atoms with Crippen LogP contribution < -0.4 is 10.6 Å². The highest BCUT2D eigenvalue weighted by Gasteiger charge is 2.18. The highest BCUT2D eigenvalue weighted by Crippen LogP contribution is 2.17. The minimum Gasteiger partial charge on any atom is -0.340 e. The summed E-state index contributed by atoms with van der Waals surface area (Å²) in [5.74, 6) is -0.291. The van der Waals surface area contributed by atoms with Crippen molar-refractivity contribution in [3.8, 4) is 0 Å². The van der Waals surface area contributed by atoms with Gasteiger partial charge in [-0.15, -0.1) is 0 Å². The molecule has 0 unspecified atom stereocenters. The second-order valence-electron chi connectivity index (χ2n) is 7.20. The zero-order valence-electron chi connectivity index (χ0n) is 16.8. The highest BCUT2D eigenvalue weighted by atomic mass is 16.2. The molecule has 7 heteroatoms. The Kier molecular flexibility index (Phi) is 6.61. The first-order valence-corrected chi connectivity index (χ1v) is 9.66. The molecule has 0 aliphatic carbocycles. The van der Waals surface area contributed by atoms with E-state index in [0.717, 1.165) is 44.0 Å². The molecule has 1 aliphatic rings. The molecule has 3 rings (SSSR count). The van der Waals surface area contributed by atoms with Crippen LogP contribution in [0.25, 0.3) is 0 Å². The van der Waals surface area contributed by atoms with Crippen molar-refractivity contribution in [2.75, 3.05) is 36.8 Å². The van der Waals surface area contributed by atoms with Crippen molar-refractivity contribution < 1.29 is 14.4 Å². The Morgan fingerprint density at radius 3 is 2.17 bits per heavy atom. The molecule has 1 saturated heterocycles. The van der Waals surface area contributed by atoms with E-state index in [2.05, 4.69) is 15.5 Å². The van der Waals surface area contributed by atoms with E-state index in [-0.39, 0.29) is 17.7 Å². The van der Waals surface area contributed by atoms with Gasteiger partial charge in [0.25, 0.3) is 5.91 Å². The molecule has 1 aliphatic heterocycles. The standard InChI is InChI=1S/C22H26N4O3/c1-16(27)23-21-8-4-6-19(14-21)22(29)24-20-7-3-5-18(13-20)15-25-9-11-26(12-10-25)17(2)28/h3-8,13-14H,9-12,15H2,1-2H3,(H,23,27)(H,24,29). The Morgan fingerprint density at radius 2 is 1.52 bits per heavy atom. The van der Waals surface area contributed by atoms with Gasteiger partial charge >= 0.3 is 0 Å². The van der Waals surface area contributed by atoms with Gasteiger partial charge in [0.1, 0.15) is 0 Å². The first kappa shape index (κ1) is 20.5. The maximum atomic E-state index is 12.6. The van der Waals surface area contributed by atoms with Gasteiger partial charge in [0.05, 0.1) is 0 Å². The minimum absolute atomic E-state index is 0.122. The van der Waals surface area contributed by atoms with Crippen molar-refractivity contribution in [2.24, 2.45) is 0 Å². The van der Waals surface area contributed by atoms with E-state index < -0.39 is 0 Å². The summed E-state index contributed by atoms with van der Waals surface area (Å²) in [7, 11) is 0. The smallest absolute Gasteiger partial charge is 0.255 e. The lowest BCUT2D eigenvalue weighted by Crippen LogP contribution is -2.47. The third-order valence-corrected chi connectivity index (χ3v) is 4.85. The Balaban J connectivity index is 1.60. The quantitative estimate of drug-likeness (QED) is 0.817. The van der Waals surface area contributed by atoms with Crippen molar-refractivity contribution in [1.82, 2.24) is 9.80 Å². The lowest BCUT2D eigenvalue weighted by molar-refractivity contribution is -0.130. The molecule has 2 N–H and O–H groups in total. The predicted octanol–water partition coefficient (Wildman–Crippen LogP) is 2.56. The summed E-state index contributed by atoms with van der Waals surface area (Å²) >= 11 is 0. The number of carbonyl (C=O) groups excluding carboxylic acids is 3. The van der Waals surface area contributed by atoms with Crippen LogP contribution in [0, 0.1) is 0 Å². The third kappa shape index (κ3) is 5.89. The summed E-state index contributed by atoms with van der Waals surface area (Å²) in [5, 5.41) is 5.59. The van der Waals surface area contributed by atoms with E-state index in [1.165, 1.54) is 6.92 Å². The SMILES string of the molecule is CC(=O)Nc1cccc(C(=O)Nc2cccc(CN3CCN(C(C)=O)CC3)c2)c1. The number of nitrogens with zero attached hydrogens (tertiary/aromatic N) is 2. The molecule has 0 atom stereocenters. The summed E-state index contributed by atoms with van der Waals surface area (Å²) in [6.07, 6.45) is 0. The van der Waals surface area contributed by atoms with Crippen molar-refractivity contribution >= 4 is 29.1 Å². The van der Waals surface area contributed by atoms with E-state index in [4.69, 9.17) is 0 Å². The van der Waals surface area contributed by atoms with Gasteiger partial charge in [-0.25, -0.2) is 0 Å². The number of hydrogen-bond donors (Lipinski definition) is 2. The summed E-state index contributed by atoms with van der Waals surface area (Å²) in [6.45, 7) is 6.98. The van der Waals surface area contributed by atoms with Gasteiger partial charge in [-0.3, -0.25) is 19.3 Å². The molecule has 29 heavy (non-hydrogen) atoms. The van der Waals surface area contributed by atoms with Crippen molar-refractivity contribution in [3.63, 3.8) is 0 Å². The molecule has 1 fully saturated rings. The molecule has 0 spiro atoms. The Hall–Kier alpha value is -3.19. The molecule has 0 aromatic heterocycles. The van der Waals surface area contributed by atoms with Crippen molar-refractivity contribution in [2.45, 2.75) is 20.4 Å². The number of piperazine rings is 1. The van der Waals surface area contributed by atoms with Gasteiger partial charge in [-0.2, -0.15) is 0 Å². The molecule has 7 nitrogen and oxygen atoms in total. The number of rotatable bonds is 5. The maximum Gasteiger partial charge on any atom is 0.255 e. The van der Waals surface area contributed by atoms with Crippen LogP contribution >= 0.6 is 0 Å². The van der Waals surface area contributed by atoms with Crippen LogP contribution in [0.5, 0.6) is 0 Å². The Morgan fingerprint density at radius 1 is 0.862 bits per heavy atom. The van der Waals surface area contributed by atoms with Crippen LogP contribution in [0.3, 0.4) is 0 Å². The van der Waals surface area contributed by atoms with E-state index in [1.807, 2.05) is 29.2 Å². The fourth-order valence-corrected chi connectivity index (χ4v) is 3.37. The predicted molar refractivity (Wildman–Crippen MR) is 113 cm³/mol. The van der Waals surface area contributed by atoms with Crippen LogP contribution in [0.15, 0.2) is 48.5 Å². The van der Waals surface area contributed by atoms with Crippen molar-refractivity contribution in [3.05, 3.63) is 59.7 Å². The van der Waals surface area contributed by atoms with E-state index >= 15 is 0 Å². The number of anilines is 2. The van der Waals surface area contributed by atoms with Crippen LogP contribution in [0.1, 0.15) is 29.8 Å². The minimum atomic E-state index is -0.232. The largest absolute Gasteiger partial charge is 0.340 e. The van der Waals surface area contributed by atoms with E-state index in [9.17, 15) is 14.4 Å². The van der Waals surface area contributed by atoms with Gasteiger partial charge in [0.15, 0.2) is 0 Å². The number of hydrogen-bond acceptors (Lipinski definition) is 4. The number of nitrogens with one attached hydrogen (secondary N) is 2. The lowest BCUT2D eigenvalue weighted by Gasteiger charge is -2.34. The third-order valence-electron chi connectivity index (χ3n) is 4.85. The van der Waals surface area contributed by atoms with Gasteiger partial charge in [0, 0.05) is 63.5 Å².